The summed E-state index contributed by atoms with van der Waals surface area (Å²) in [4.78, 5) is 18.4. The number of hydrogen-bond donors (Lipinski definition) is 2. The van der Waals surface area contributed by atoms with E-state index in [0.29, 0.717) is 19.6 Å². The molecule has 4 fully saturated rings. The van der Waals surface area contributed by atoms with Crippen molar-refractivity contribution >= 4 is 5.91 Å². The Morgan fingerprint density at radius 1 is 1.31 bits per heavy atom. The first-order valence-electron chi connectivity index (χ1n) is 10.0. The summed E-state index contributed by atoms with van der Waals surface area (Å²) >= 11 is 0. The maximum Gasteiger partial charge on any atom is 0.234 e. The SMILES string of the molecule is CN(CC(=O)NC[C@@H](O)C12CC3CC(CC(C3)C1)C2)Cc1cccnc1. The largest absolute Gasteiger partial charge is 0.391 e. The molecule has 0 saturated heterocycles. The quantitative estimate of drug-likeness (QED) is 0.785. The minimum absolute atomic E-state index is 0.0137. The Hall–Kier alpha value is -1.46. The molecule has 5 heteroatoms. The van der Waals surface area contributed by atoms with E-state index in [1.165, 1.54) is 19.3 Å². The maximum atomic E-state index is 12.3. The molecule has 4 saturated carbocycles. The Morgan fingerprint density at radius 2 is 1.96 bits per heavy atom. The molecule has 142 valence electrons. The fourth-order valence-corrected chi connectivity index (χ4v) is 6.17. The second kappa shape index (κ2) is 7.28. The van der Waals surface area contributed by atoms with Crippen molar-refractivity contribution < 1.29 is 9.90 Å². The third-order valence-corrected chi connectivity index (χ3v) is 6.87. The van der Waals surface area contributed by atoms with Crippen LogP contribution in [-0.4, -0.2) is 47.1 Å². The number of aromatic nitrogens is 1. The molecule has 4 bridgehead atoms. The minimum Gasteiger partial charge on any atom is -0.391 e. The number of nitrogens with zero attached hydrogens (tertiary/aromatic N) is 2. The Bertz CT molecular complexity index is 598. The number of hydrogen-bond acceptors (Lipinski definition) is 4. The van der Waals surface area contributed by atoms with Crippen LogP contribution in [0.3, 0.4) is 0 Å². The summed E-state index contributed by atoms with van der Waals surface area (Å²) in [7, 11) is 1.93. The zero-order chi connectivity index (χ0) is 18.1. The normalized spacial score (nSPS) is 33.4. The lowest BCUT2D eigenvalue weighted by Crippen LogP contribution is -2.54. The summed E-state index contributed by atoms with van der Waals surface area (Å²) in [6.07, 6.45) is 10.8. The van der Waals surface area contributed by atoms with E-state index in [4.69, 9.17) is 0 Å². The van der Waals surface area contributed by atoms with Crippen LogP contribution in [0.2, 0.25) is 0 Å². The number of aliphatic hydroxyl groups excluding tert-OH is 1. The number of aliphatic hydroxyl groups is 1. The van der Waals surface area contributed by atoms with Gasteiger partial charge in [0.25, 0.3) is 0 Å². The first-order chi connectivity index (χ1) is 12.5. The molecule has 26 heavy (non-hydrogen) atoms. The molecule has 4 aliphatic carbocycles. The molecule has 0 spiro atoms. The fraction of sp³-hybridized carbons (Fsp3) is 0.714. The molecule has 5 rings (SSSR count). The smallest absolute Gasteiger partial charge is 0.234 e. The van der Waals surface area contributed by atoms with Crippen LogP contribution in [0.1, 0.15) is 44.1 Å². The van der Waals surface area contributed by atoms with E-state index in [9.17, 15) is 9.90 Å². The summed E-state index contributed by atoms with van der Waals surface area (Å²) in [5, 5.41) is 13.9. The first kappa shape index (κ1) is 17.9. The molecule has 1 amide bonds. The Kier molecular flexibility index (Phi) is 5.02. The summed E-state index contributed by atoms with van der Waals surface area (Å²) in [5.74, 6) is 2.44. The number of nitrogens with one attached hydrogen (secondary N) is 1. The second-order valence-corrected chi connectivity index (χ2v) is 9.13. The summed E-state index contributed by atoms with van der Waals surface area (Å²) < 4.78 is 0. The van der Waals surface area contributed by atoms with Gasteiger partial charge in [-0.1, -0.05) is 6.07 Å². The van der Waals surface area contributed by atoms with E-state index in [1.54, 1.807) is 6.20 Å². The van der Waals surface area contributed by atoms with E-state index >= 15 is 0 Å². The Labute approximate surface area is 156 Å². The highest BCUT2D eigenvalue weighted by Gasteiger charge is 2.53. The van der Waals surface area contributed by atoms with Gasteiger partial charge in [-0.05, 0) is 80.4 Å². The number of amides is 1. The molecule has 1 atom stereocenters. The lowest BCUT2D eigenvalue weighted by molar-refractivity contribution is -0.129. The third kappa shape index (κ3) is 3.79. The topological polar surface area (TPSA) is 65.5 Å². The van der Waals surface area contributed by atoms with Crippen molar-refractivity contribution in [1.29, 1.82) is 0 Å². The highest BCUT2D eigenvalue weighted by Crippen LogP contribution is 2.61. The van der Waals surface area contributed by atoms with Crippen molar-refractivity contribution in [2.24, 2.45) is 23.2 Å². The van der Waals surface area contributed by atoms with Gasteiger partial charge >= 0.3 is 0 Å². The predicted octanol–water partition coefficient (Wildman–Crippen LogP) is 2.21. The van der Waals surface area contributed by atoms with Gasteiger partial charge < -0.3 is 10.4 Å². The molecule has 4 aliphatic rings. The van der Waals surface area contributed by atoms with Gasteiger partial charge in [0, 0.05) is 25.5 Å². The Balaban J connectivity index is 1.25. The van der Waals surface area contributed by atoms with Crippen molar-refractivity contribution in [1.82, 2.24) is 15.2 Å². The van der Waals surface area contributed by atoms with E-state index in [2.05, 4.69) is 10.3 Å². The van der Waals surface area contributed by atoms with E-state index < -0.39 is 6.10 Å². The summed E-state index contributed by atoms with van der Waals surface area (Å²) in [6, 6.07) is 3.92. The molecule has 0 radical (unpaired) electrons. The molecule has 0 aromatic carbocycles. The van der Waals surface area contributed by atoms with Gasteiger partial charge in [0.1, 0.15) is 0 Å². The van der Waals surface area contributed by atoms with E-state index in [1.807, 2.05) is 30.3 Å². The summed E-state index contributed by atoms with van der Waals surface area (Å²) in [5.41, 5.74) is 1.17. The van der Waals surface area contributed by atoms with Crippen LogP contribution >= 0.6 is 0 Å². The number of pyridine rings is 1. The maximum absolute atomic E-state index is 12.3. The number of likely N-dealkylation sites (N-methyl/N-ethyl adjacent to an activating group) is 1. The monoisotopic (exact) mass is 357 g/mol. The van der Waals surface area contributed by atoms with E-state index in [-0.39, 0.29) is 11.3 Å². The van der Waals surface area contributed by atoms with Crippen molar-refractivity contribution in [3.05, 3.63) is 30.1 Å². The molecule has 0 aliphatic heterocycles. The van der Waals surface area contributed by atoms with Crippen LogP contribution < -0.4 is 5.32 Å². The van der Waals surface area contributed by atoms with Crippen LogP contribution in [0.15, 0.2) is 24.5 Å². The van der Waals surface area contributed by atoms with Gasteiger partial charge in [-0.25, -0.2) is 0 Å². The van der Waals surface area contributed by atoms with Crippen LogP contribution in [0.4, 0.5) is 0 Å². The molecule has 0 unspecified atom stereocenters. The number of carbonyl (C=O) groups is 1. The minimum atomic E-state index is -0.400. The molecule has 2 N–H and O–H groups in total. The van der Waals surface area contributed by atoms with Crippen LogP contribution in [0.5, 0.6) is 0 Å². The highest BCUT2D eigenvalue weighted by atomic mass is 16.3. The van der Waals surface area contributed by atoms with Crippen molar-refractivity contribution in [2.75, 3.05) is 20.1 Å². The molecule has 5 nitrogen and oxygen atoms in total. The molecule has 1 aromatic rings. The average Bonchev–Trinajstić information content (AvgIpc) is 2.59. The lowest BCUT2D eigenvalue weighted by Gasteiger charge is -2.58. The fourth-order valence-electron chi connectivity index (χ4n) is 6.17. The highest BCUT2D eigenvalue weighted by molar-refractivity contribution is 5.78. The standard InChI is InChI=1S/C21H31N3O2/c1-24(13-15-3-2-4-22-11-15)14-20(26)23-12-19(25)21-8-16-5-17(9-21)7-18(6-16)10-21/h2-4,11,16-19,25H,5-10,12-14H2,1H3,(H,23,26)/t16?,17?,18?,19-,21?/m1/s1. The second-order valence-electron chi connectivity index (χ2n) is 9.13. The summed E-state index contributed by atoms with van der Waals surface area (Å²) in [6.45, 7) is 1.42. The van der Waals surface area contributed by atoms with Gasteiger partial charge in [0.2, 0.25) is 5.91 Å². The van der Waals surface area contributed by atoms with Crippen molar-refractivity contribution in [2.45, 2.75) is 51.2 Å². The molecular weight excluding hydrogens is 326 g/mol. The molecule has 1 heterocycles. The van der Waals surface area contributed by atoms with Crippen LogP contribution in [0, 0.1) is 23.2 Å². The Morgan fingerprint density at radius 3 is 2.54 bits per heavy atom. The van der Waals surface area contributed by atoms with Crippen LogP contribution in [0.25, 0.3) is 0 Å². The van der Waals surface area contributed by atoms with Gasteiger partial charge in [0.15, 0.2) is 0 Å². The zero-order valence-corrected chi connectivity index (χ0v) is 15.7. The molecule has 1 aromatic heterocycles. The van der Waals surface area contributed by atoms with Crippen molar-refractivity contribution in [3.8, 4) is 0 Å². The van der Waals surface area contributed by atoms with Gasteiger partial charge in [-0.2, -0.15) is 0 Å². The predicted molar refractivity (Wildman–Crippen MR) is 100 cm³/mol. The van der Waals surface area contributed by atoms with E-state index in [0.717, 1.165) is 42.6 Å². The molecular formula is C21H31N3O2. The number of rotatable bonds is 7. The van der Waals surface area contributed by atoms with Gasteiger partial charge in [-0.15, -0.1) is 0 Å². The first-order valence-corrected chi connectivity index (χ1v) is 10.0. The van der Waals surface area contributed by atoms with Gasteiger partial charge in [0.05, 0.1) is 12.6 Å². The lowest BCUT2D eigenvalue weighted by atomic mass is 9.48. The van der Waals surface area contributed by atoms with Gasteiger partial charge in [-0.3, -0.25) is 14.7 Å². The zero-order valence-electron chi connectivity index (χ0n) is 15.7. The third-order valence-electron chi connectivity index (χ3n) is 6.87. The number of carbonyl (C=O) groups excluding carboxylic acids is 1. The van der Waals surface area contributed by atoms with Crippen LogP contribution in [-0.2, 0) is 11.3 Å². The average molecular weight is 357 g/mol. The van der Waals surface area contributed by atoms with Crippen molar-refractivity contribution in [3.63, 3.8) is 0 Å².